The Bertz CT molecular complexity index is 684. The molecule has 2 rings (SSSR count). The van der Waals surface area contributed by atoms with Crippen LogP contribution in [0.1, 0.15) is 52.2 Å². The normalized spacial score (nSPS) is 17.0. The molecule has 4 heteroatoms. The summed E-state index contributed by atoms with van der Waals surface area (Å²) in [5.74, 6) is 1.08. The predicted octanol–water partition coefficient (Wildman–Crippen LogP) is 4.99. The molecule has 0 saturated heterocycles. The van der Waals surface area contributed by atoms with Gasteiger partial charge in [0.1, 0.15) is 22.9 Å². The summed E-state index contributed by atoms with van der Waals surface area (Å²) < 4.78 is 25.7. The van der Waals surface area contributed by atoms with E-state index in [1.54, 1.807) is 7.11 Å². The summed E-state index contributed by atoms with van der Waals surface area (Å²) in [6.45, 7) is 9.54. The first-order chi connectivity index (χ1) is 11.2. The number of rotatable bonds is 5. The van der Waals surface area contributed by atoms with Crippen molar-refractivity contribution in [3.8, 4) is 11.5 Å². The van der Waals surface area contributed by atoms with E-state index in [1.807, 2.05) is 32.9 Å². The summed E-state index contributed by atoms with van der Waals surface area (Å²) in [4.78, 5) is 0. The number of halogens is 1. The van der Waals surface area contributed by atoms with Gasteiger partial charge in [-0.2, -0.15) is 0 Å². The number of fused-ring (bicyclic) bond motifs is 1. The Morgan fingerprint density at radius 2 is 2.00 bits per heavy atom. The molecule has 132 valence electrons. The maximum Gasteiger partial charge on any atom is 0.131 e. The summed E-state index contributed by atoms with van der Waals surface area (Å²) in [7, 11) is 1.56. The molecule has 0 bridgehead atoms. The lowest BCUT2D eigenvalue weighted by atomic mass is 9.86. The number of benzene rings is 1. The van der Waals surface area contributed by atoms with Crippen LogP contribution in [0.25, 0.3) is 11.1 Å². The van der Waals surface area contributed by atoms with Crippen molar-refractivity contribution < 1.29 is 19.0 Å². The third kappa shape index (κ3) is 3.48. The van der Waals surface area contributed by atoms with Crippen LogP contribution in [0.4, 0.5) is 4.39 Å². The van der Waals surface area contributed by atoms with Crippen LogP contribution in [0.2, 0.25) is 0 Å². The van der Waals surface area contributed by atoms with Crippen LogP contribution >= 0.6 is 0 Å². The van der Waals surface area contributed by atoms with E-state index in [9.17, 15) is 9.50 Å². The summed E-state index contributed by atoms with van der Waals surface area (Å²) >= 11 is 0. The van der Waals surface area contributed by atoms with Gasteiger partial charge in [-0.1, -0.05) is 20.8 Å². The van der Waals surface area contributed by atoms with Crippen molar-refractivity contribution in [1.82, 2.24) is 0 Å². The Kier molecular flexibility index (Phi) is 5.38. The summed E-state index contributed by atoms with van der Waals surface area (Å²) in [6.07, 6.45) is 2.59. The molecular formula is C20H27FO3. The molecule has 3 nitrogen and oxygen atoms in total. The molecule has 0 aliphatic carbocycles. The van der Waals surface area contributed by atoms with E-state index in [2.05, 4.69) is 19.9 Å². The third-order valence-corrected chi connectivity index (χ3v) is 4.26. The highest BCUT2D eigenvalue weighted by atomic mass is 19.1. The molecule has 1 aliphatic rings. The molecule has 1 N–H and O–H groups in total. The van der Waals surface area contributed by atoms with E-state index in [0.29, 0.717) is 29.2 Å². The van der Waals surface area contributed by atoms with Gasteiger partial charge in [0.25, 0.3) is 0 Å². The van der Waals surface area contributed by atoms with Gasteiger partial charge in [0.05, 0.1) is 13.7 Å². The molecule has 0 amide bonds. The van der Waals surface area contributed by atoms with Crippen molar-refractivity contribution in [2.45, 2.75) is 46.6 Å². The number of aliphatic hydroxyl groups excluding tert-OH is 1. The first kappa shape index (κ1) is 18.5. The molecule has 1 aromatic rings. The Hall–Kier alpha value is -1.81. The lowest BCUT2D eigenvalue weighted by Gasteiger charge is -2.33. The Labute approximate surface area is 143 Å². The maximum absolute atomic E-state index is 14.1. The van der Waals surface area contributed by atoms with Gasteiger partial charge in [-0.3, -0.25) is 0 Å². The third-order valence-electron chi connectivity index (χ3n) is 4.26. The molecule has 1 aliphatic heterocycles. The minimum absolute atomic E-state index is 0.310. The average Bonchev–Trinajstić information content (AvgIpc) is 2.53. The van der Waals surface area contributed by atoms with Crippen molar-refractivity contribution in [3.05, 3.63) is 35.2 Å². The summed E-state index contributed by atoms with van der Waals surface area (Å²) in [5.41, 5.74) is 2.85. The Morgan fingerprint density at radius 3 is 2.50 bits per heavy atom. The number of hydrogen-bond donors (Lipinski definition) is 1. The van der Waals surface area contributed by atoms with E-state index in [0.717, 1.165) is 11.3 Å². The number of allylic oxidation sites excluding steroid dienone is 2. The monoisotopic (exact) mass is 334 g/mol. The highest BCUT2D eigenvalue weighted by Crippen LogP contribution is 2.44. The first-order valence-electron chi connectivity index (χ1n) is 8.37. The molecule has 1 aromatic carbocycles. The van der Waals surface area contributed by atoms with Crippen LogP contribution in [0, 0.1) is 5.92 Å². The fourth-order valence-electron chi connectivity index (χ4n) is 3.14. The van der Waals surface area contributed by atoms with Crippen LogP contribution in [-0.4, -0.2) is 24.4 Å². The van der Waals surface area contributed by atoms with Crippen molar-refractivity contribution in [2.75, 3.05) is 13.7 Å². The molecule has 0 saturated carbocycles. The standard InChI is InChI=1S/C20H27FO3/c1-7-13(17(21)11-22)14-8-15-16(12(2)3)10-20(4,5)24-19(15)9-18(14)23-6/h8-10,12,22H,7,11H2,1-6H3/b17-13+. The van der Waals surface area contributed by atoms with E-state index in [4.69, 9.17) is 9.47 Å². The molecule has 1 heterocycles. The van der Waals surface area contributed by atoms with Gasteiger partial charge in [-0.15, -0.1) is 0 Å². The van der Waals surface area contributed by atoms with E-state index >= 15 is 0 Å². The van der Waals surface area contributed by atoms with Gasteiger partial charge in [-0.25, -0.2) is 4.39 Å². The van der Waals surface area contributed by atoms with Crippen LogP contribution < -0.4 is 9.47 Å². The largest absolute Gasteiger partial charge is 0.496 e. The van der Waals surface area contributed by atoms with Crippen molar-refractivity contribution in [2.24, 2.45) is 5.92 Å². The average molecular weight is 334 g/mol. The van der Waals surface area contributed by atoms with Crippen LogP contribution in [0.3, 0.4) is 0 Å². The number of hydrogen-bond acceptors (Lipinski definition) is 3. The first-order valence-corrected chi connectivity index (χ1v) is 8.37. The maximum atomic E-state index is 14.1. The lowest BCUT2D eigenvalue weighted by molar-refractivity contribution is 0.156. The second kappa shape index (κ2) is 6.98. The molecular weight excluding hydrogens is 307 g/mol. The summed E-state index contributed by atoms with van der Waals surface area (Å²) in [6, 6.07) is 3.74. The Balaban J connectivity index is 2.73. The Morgan fingerprint density at radius 1 is 1.33 bits per heavy atom. The van der Waals surface area contributed by atoms with Gasteiger partial charge in [-0.05, 0) is 49.5 Å². The fourth-order valence-corrected chi connectivity index (χ4v) is 3.14. The molecule has 0 atom stereocenters. The van der Waals surface area contributed by atoms with Gasteiger partial charge in [0, 0.05) is 17.2 Å². The minimum atomic E-state index is -0.611. The molecule has 0 aromatic heterocycles. The molecule has 0 unspecified atom stereocenters. The van der Waals surface area contributed by atoms with Gasteiger partial charge in [0.15, 0.2) is 0 Å². The quantitative estimate of drug-likeness (QED) is 0.824. The smallest absolute Gasteiger partial charge is 0.131 e. The molecule has 0 fully saturated rings. The van der Waals surface area contributed by atoms with Crippen LogP contribution in [0.5, 0.6) is 11.5 Å². The fraction of sp³-hybridized carbons (Fsp3) is 0.500. The molecule has 0 spiro atoms. The SMILES string of the molecule is CC/C(=C(\F)CO)c1cc2c(cc1OC)OC(C)(C)C=C2C(C)C. The topological polar surface area (TPSA) is 38.7 Å². The van der Waals surface area contributed by atoms with Crippen molar-refractivity contribution in [3.63, 3.8) is 0 Å². The van der Waals surface area contributed by atoms with Crippen molar-refractivity contribution >= 4 is 11.1 Å². The highest BCUT2D eigenvalue weighted by Gasteiger charge is 2.29. The second-order valence-corrected chi connectivity index (χ2v) is 6.90. The van der Waals surface area contributed by atoms with Gasteiger partial charge in [0.2, 0.25) is 0 Å². The number of ether oxygens (including phenoxy) is 2. The van der Waals surface area contributed by atoms with Crippen LogP contribution in [0.15, 0.2) is 24.0 Å². The lowest BCUT2D eigenvalue weighted by Crippen LogP contribution is -2.29. The van der Waals surface area contributed by atoms with E-state index in [-0.39, 0.29) is 0 Å². The van der Waals surface area contributed by atoms with Crippen molar-refractivity contribution in [1.29, 1.82) is 0 Å². The number of methoxy groups -OCH3 is 1. The van der Waals surface area contributed by atoms with E-state index in [1.165, 1.54) is 5.57 Å². The second-order valence-electron chi connectivity index (χ2n) is 6.90. The van der Waals surface area contributed by atoms with Gasteiger partial charge < -0.3 is 14.6 Å². The molecule has 24 heavy (non-hydrogen) atoms. The predicted molar refractivity (Wildman–Crippen MR) is 95.9 cm³/mol. The van der Waals surface area contributed by atoms with E-state index < -0.39 is 18.0 Å². The zero-order chi connectivity index (χ0) is 18.1. The highest BCUT2D eigenvalue weighted by molar-refractivity contribution is 5.81. The summed E-state index contributed by atoms with van der Waals surface area (Å²) in [5, 5.41) is 9.20. The van der Waals surface area contributed by atoms with Crippen LogP contribution in [-0.2, 0) is 0 Å². The zero-order valence-corrected chi connectivity index (χ0v) is 15.4. The van der Waals surface area contributed by atoms with Gasteiger partial charge >= 0.3 is 0 Å². The number of aliphatic hydroxyl groups is 1. The minimum Gasteiger partial charge on any atom is -0.496 e. The molecule has 0 radical (unpaired) electrons. The zero-order valence-electron chi connectivity index (χ0n) is 15.4.